The number of hydrogen-bond acceptors (Lipinski definition) is 3. The van der Waals surface area contributed by atoms with E-state index >= 15 is 0 Å². The predicted octanol–water partition coefficient (Wildman–Crippen LogP) is 2.61. The molecule has 2 N–H and O–H groups in total. The van der Waals surface area contributed by atoms with E-state index in [9.17, 15) is 9.90 Å². The van der Waals surface area contributed by atoms with Crippen molar-refractivity contribution in [3.8, 4) is 0 Å². The topological polar surface area (TPSA) is 60.8 Å². The third kappa shape index (κ3) is 5.31. The fourth-order valence-corrected chi connectivity index (χ4v) is 2.29. The zero-order valence-corrected chi connectivity index (χ0v) is 12.8. The summed E-state index contributed by atoms with van der Waals surface area (Å²) in [5.41, 5.74) is 1.39. The molecule has 0 aliphatic heterocycles. The number of nitrogens with zero attached hydrogens (tertiary/aromatic N) is 1. The zero-order chi connectivity index (χ0) is 15.3. The third-order valence-electron chi connectivity index (χ3n) is 3.29. The molecule has 0 bridgehead atoms. The molecule has 0 saturated carbocycles. The zero-order valence-electron chi connectivity index (χ0n) is 12.8. The Morgan fingerprint density at radius 2 is 2.00 bits per heavy atom. The standard InChI is InChI=1S/C16H25NO3/c1-16(2,3)9-14(11-18)17(4)10-12-6-5-7-13(8-12)15(19)20/h5-8,14,18H,9-11H2,1-4H3,(H,19,20). The first kappa shape index (κ1) is 16.7. The summed E-state index contributed by atoms with van der Waals surface area (Å²) in [6.07, 6.45) is 0.888. The lowest BCUT2D eigenvalue weighted by atomic mass is 9.87. The van der Waals surface area contributed by atoms with Gasteiger partial charge in [0, 0.05) is 12.6 Å². The number of carboxylic acids is 1. The molecule has 0 aliphatic carbocycles. The minimum atomic E-state index is -0.914. The van der Waals surface area contributed by atoms with E-state index in [0.29, 0.717) is 12.1 Å². The van der Waals surface area contributed by atoms with Gasteiger partial charge in [0.15, 0.2) is 0 Å². The largest absolute Gasteiger partial charge is 0.478 e. The van der Waals surface area contributed by atoms with E-state index in [0.717, 1.165) is 12.0 Å². The van der Waals surface area contributed by atoms with Crippen molar-refractivity contribution in [2.24, 2.45) is 5.41 Å². The van der Waals surface area contributed by atoms with Crippen LogP contribution in [0.3, 0.4) is 0 Å². The summed E-state index contributed by atoms with van der Waals surface area (Å²) < 4.78 is 0. The van der Waals surface area contributed by atoms with Crippen molar-refractivity contribution in [1.82, 2.24) is 4.90 Å². The Hall–Kier alpha value is -1.39. The lowest BCUT2D eigenvalue weighted by molar-refractivity contribution is 0.0696. The predicted molar refractivity (Wildman–Crippen MR) is 79.8 cm³/mol. The molecule has 1 unspecified atom stereocenters. The molecule has 112 valence electrons. The van der Waals surface area contributed by atoms with Crippen LogP contribution in [0.4, 0.5) is 0 Å². The highest BCUT2D eigenvalue weighted by Gasteiger charge is 2.21. The molecular weight excluding hydrogens is 254 g/mol. The first-order valence-electron chi connectivity index (χ1n) is 6.86. The van der Waals surface area contributed by atoms with Gasteiger partial charge in [0.25, 0.3) is 0 Å². The monoisotopic (exact) mass is 279 g/mol. The first-order valence-corrected chi connectivity index (χ1v) is 6.86. The van der Waals surface area contributed by atoms with Crippen LogP contribution in [0, 0.1) is 5.41 Å². The van der Waals surface area contributed by atoms with Crippen molar-refractivity contribution >= 4 is 5.97 Å². The van der Waals surface area contributed by atoms with Crippen LogP contribution in [0.2, 0.25) is 0 Å². The van der Waals surface area contributed by atoms with Gasteiger partial charge in [-0.3, -0.25) is 4.90 Å². The number of benzene rings is 1. The average Bonchev–Trinajstić information content (AvgIpc) is 2.35. The van der Waals surface area contributed by atoms with Gasteiger partial charge in [-0.05, 0) is 36.6 Å². The molecule has 0 aromatic heterocycles. The maximum Gasteiger partial charge on any atom is 0.335 e. The molecule has 0 radical (unpaired) electrons. The van der Waals surface area contributed by atoms with Crippen molar-refractivity contribution in [1.29, 1.82) is 0 Å². The Balaban J connectivity index is 2.75. The normalized spacial score (nSPS) is 13.5. The van der Waals surface area contributed by atoms with Crippen LogP contribution >= 0.6 is 0 Å². The molecule has 0 saturated heterocycles. The maximum atomic E-state index is 11.0. The van der Waals surface area contributed by atoms with E-state index in [1.54, 1.807) is 18.2 Å². The molecule has 1 aromatic rings. The SMILES string of the molecule is CN(Cc1cccc(C(=O)O)c1)C(CO)CC(C)(C)C. The molecule has 20 heavy (non-hydrogen) atoms. The smallest absolute Gasteiger partial charge is 0.335 e. The molecule has 0 spiro atoms. The van der Waals surface area contributed by atoms with Gasteiger partial charge in [0.1, 0.15) is 0 Å². The van der Waals surface area contributed by atoms with Crippen LogP contribution in [0.25, 0.3) is 0 Å². The van der Waals surface area contributed by atoms with E-state index in [-0.39, 0.29) is 18.1 Å². The molecule has 1 rings (SSSR count). The van der Waals surface area contributed by atoms with Crippen molar-refractivity contribution in [2.45, 2.75) is 39.8 Å². The van der Waals surface area contributed by atoms with E-state index < -0.39 is 5.97 Å². The highest BCUT2D eigenvalue weighted by Crippen LogP contribution is 2.23. The van der Waals surface area contributed by atoms with Crippen LogP contribution < -0.4 is 0 Å². The lowest BCUT2D eigenvalue weighted by Crippen LogP contribution is -2.37. The van der Waals surface area contributed by atoms with Crippen LogP contribution in [0.1, 0.15) is 43.1 Å². The van der Waals surface area contributed by atoms with Gasteiger partial charge in [-0.1, -0.05) is 32.9 Å². The Bertz CT molecular complexity index is 451. The van der Waals surface area contributed by atoms with E-state index in [4.69, 9.17) is 5.11 Å². The number of carboxylic acid groups (broad SMARTS) is 1. The average molecular weight is 279 g/mol. The highest BCUT2D eigenvalue weighted by molar-refractivity contribution is 5.87. The number of likely N-dealkylation sites (N-methyl/N-ethyl adjacent to an activating group) is 1. The summed E-state index contributed by atoms with van der Waals surface area (Å²) in [6, 6.07) is 7.01. The Morgan fingerprint density at radius 3 is 2.50 bits per heavy atom. The Kier molecular flexibility index (Phi) is 5.72. The molecule has 1 aromatic carbocycles. The number of rotatable bonds is 6. The van der Waals surface area contributed by atoms with Crippen molar-refractivity contribution in [3.63, 3.8) is 0 Å². The summed E-state index contributed by atoms with van der Waals surface area (Å²) in [7, 11) is 1.96. The molecule has 4 nitrogen and oxygen atoms in total. The molecule has 0 aliphatic rings. The van der Waals surface area contributed by atoms with Crippen molar-refractivity contribution in [2.75, 3.05) is 13.7 Å². The maximum absolute atomic E-state index is 11.0. The second-order valence-corrected chi connectivity index (χ2v) is 6.52. The highest BCUT2D eigenvalue weighted by atomic mass is 16.4. The fraction of sp³-hybridized carbons (Fsp3) is 0.562. The second kappa shape index (κ2) is 6.86. The Morgan fingerprint density at radius 1 is 1.35 bits per heavy atom. The van der Waals surface area contributed by atoms with Gasteiger partial charge in [-0.15, -0.1) is 0 Å². The minimum Gasteiger partial charge on any atom is -0.478 e. The molecule has 1 atom stereocenters. The second-order valence-electron chi connectivity index (χ2n) is 6.52. The number of aromatic carboxylic acids is 1. The van der Waals surface area contributed by atoms with Gasteiger partial charge >= 0.3 is 5.97 Å². The fourth-order valence-electron chi connectivity index (χ4n) is 2.29. The van der Waals surface area contributed by atoms with Gasteiger partial charge in [-0.25, -0.2) is 4.79 Å². The quantitative estimate of drug-likeness (QED) is 0.840. The van der Waals surface area contributed by atoms with Crippen LogP contribution in [0.5, 0.6) is 0 Å². The minimum absolute atomic E-state index is 0.0727. The number of aliphatic hydroxyl groups is 1. The Labute approximate surface area is 121 Å². The van der Waals surface area contributed by atoms with Crippen molar-refractivity contribution in [3.05, 3.63) is 35.4 Å². The number of hydrogen-bond donors (Lipinski definition) is 2. The number of aliphatic hydroxyl groups excluding tert-OH is 1. The summed E-state index contributed by atoms with van der Waals surface area (Å²) in [4.78, 5) is 13.0. The lowest BCUT2D eigenvalue weighted by Gasteiger charge is -2.32. The van der Waals surface area contributed by atoms with Crippen molar-refractivity contribution < 1.29 is 15.0 Å². The van der Waals surface area contributed by atoms with Gasteiger partial charge in [-0.2, -0.15) is 0 Å². The van der Waals surface area contributed by atoms with Crippen LogP contribution in [-0.2, 0) is 6.54 Å². The van der Waals surface area contributed by atoms with Crippen LogP contribution in [-0.4, -0.2) is 40.8 Å². The van der Waals surface area contributed by atoms with E-state index in [1.165, 1.54) is 0 Å². The van der Waals surface area contributed by atoms with Gasteiger partial charge in [0.2, 0.25) is 0 Å². The first-order chi connectivity index (χ1) is 9.23. The van der Waals surface area contributed by atoms with Gasteiger partial charge in [0.05, 0.1) is 12.2 Å². The molecule has 0 heterocycles. The number of carbonyl (C=O) groups is 1. The molecule has 0 amide bonds. The summed E-state index contributed by atoms with van der Waals surface area (Å²) in [5.74, 6) is -0.914. The summed E-state index contributed by atoms with van der Waals surface area (Å²) >= 11 is 0. The summed E-state index contributed by atoms with van der Waals surface area (Å²) in [5, 5.41) is 18.5. The molecule has 0 fully saturated rings. The summed E-state index contributed by atoms with van der Waals surface area (Å²) in [6.45, 7) is 7.17. The van der Waals surface area contributed by atoms with Gasteiger partial charge < -0.3 is 10.2 Å². The third-order valence-corrected chi connectivity index (χ3v) is 3.29. The van der Waals surface area contributed by atoms with E-state index in [2.05, 4.69) is 25.7 Å². The van der Waals surface area contributed by atoms with E-state index in [1.807, 2.05) is 13.1 Å². The molecule has 4 heteroatoms. The molecular formula is C16H25NO3. The van der Waals surface area contributed by atoms with Crippen LogP contribution in [0.15, 0.2) is 24.3 Å².